The molecule has 0 aromatic heterocycles. The van der Waals surface area contributed by atoms with Crippen LogP contribution in [0.4, 0.5) is 19.3 Å². The summed E-state index contributed by atoms with van der Waals surface area (Å²) < 4.78 is 26.0. The van der Waals surface area contributed by atoms with E-state index >= 15 is 0 Å². The van der Waals surface area contributed by atoms with Gasteiger partial charge in [-0.05, 0) is 43.7 Å². The van der Waals surface area contributed by atoms with Crippen LogP contribution in [0.2, 0.25) is 5.02 Å². The molecule has 2 amide bonds. The van der Waals surface area contributed by atoms with Gasteiger partial charge in [0.05, 0.1) is 5.54 Å². The minimum atomic E-state index is -1.02. The summed E-state index contributed by atoms with van der Waals surface area (Å²) in [6, 6.07) is 9.71. The van der Waals surface area contributed by atoms with Crippen molar-refractivity contribution in [2.24, 2.45) is 0 Å². The molecule has 0 aliphatic carbocycles. The molecule has 116 valence electrons. The number of amides is 2. The maximum Gasteiger partial charge on any atom is 0.319 e. The molecule has 0 saturated carbocycles. The largest absolute Gasteiger partial charge is 0.329 e. The van der Waals surface area contributed by atoms with Gasteiger partial charge in [-0.25, -0.2) is 13.6 Å². The van der Waals surface area contributed by atoms with Gasteiger partial charge in [0, 0.05) is 16.8 Å². The van der Waals surface area contributed by atoms with Crippen molar-refractivity contribution in [3.63, 3.8) is 0 Å². The van der Waals surface area contributed by atoms with E-state index in [9.17, 15) is 13.6 Å². The van der Waals surface area contributed by atoms with Gasteiger partial charge in [0.1, 0.15) is 0 Å². The van der Waals surface area contributed by atoms with Crippen molar-refractivity contribution < 1.29 is 13.6 Å². The van der Waals surface area contributed by atoms with Crippen molar-refractivity contribution in [1.29, 1.82) is 0 Å². The number of carbonyl (C=O) groups is 1. The van der Waals surface area contributed by atoms with E-state index in [2.05, 4.69) is 10.6 Å². The normalized spacial score (nSPS) is 11.1. The lowest BCUT2D eigenvalue weighted by atomic mass is 9.94. The van der Waals surface area contributed by atoms with Crippen molar-refractivity contribution in [3.8, 4) is 0 Å². The Morgan fingerprint density at radius 2 is 1.68 bits per heavy atom. The summed E-state index contributed by atoms with van der Waals surface area (Å²) in [7, 11) is 0. The van der Waals surface area contributed by atoms with Crippen molar-refractivity contribution in [1.82, 2.24) is 5.32 Å². The minimum Gasteiger partial charge on any atom is -0.329 e. The van der Waals surface area contributed by atoms with Gasteiger partial charge in [0.25, 0.3) is 0 Å². The van der Waals surface area contributed by atoms with Crippen LogP contribution in [0.25, 0.3) is 0 Å². The Morgan fingerprint density at radius 3 is 2.27 bits per heavy atom. The van der Waals surface area contributed by atoms with Crippen LogP contribution >= 0.6 is 11.6 Å². The third-order valence-corrected chi connectivity index (χ3v) is 3.42. The van der Waals surface area contributed by atoms with E-state index in [4.69, 9.17) is 11.6 Å². The molecule has 2 N–H and O–H groups in total. The summed E-state index contributed by atoms with van der Waals surface area (Å²) in [5.41, 5.74) is 0.369. The minimum absolute atomic E-state index is 0.170. The second-order valence-electron chi connectivity index (χ2n) is 5.34. The number of rotatable bonds is 3. The molecular weight excluding hydrogens is 310 g/mol. The first kappa shape index (κ1) is 16.2. The topological polar surface area (TPSA) is 41.1 Å². The lowest BCUT2D eigenvalue weighted by molar-refractivity contribution is 0.242. The van der Waals surface area contributed by atoms with Gasteiger partial charge in [0.2, 0.25) is 0 Å². The van der Waals surface area contributed by atoms with E-state index in [-0.39, 0.29) is 5.69 Å². The number of nitrogens with one attached hydrogen (secondary N) is 2. The predicted molar refractivity (Wildman–Crippen MR) is 83.0 cm³/mol. The van der Waals surface area contributed by atoms with Crippen LogP contribution in [0.15, 0.2) is 42.5 Å². The molecule has 2 rings (SSSR count). The molecule has 0 heterocycles. The zero-order valence-corrected chi connectivity index (χ0v) is 12.8. The number of urea groups is 1. The Balaban J connectivity index is 2.07. The summed E-state index contributed by atoms with van der Waals surface area (Å²) in [5, 5.41) is 5.83. The summed E-state index contributed by atoms with van der Waals surface area (Å²) in [6.45, 7) is 3.64. The lowest BCUT2D eigenvalue weighted by Gasteiger charge is -2.27. The van der Waals surface area contributed by atoms with Crippen LogP contribution in [0.1, 0.15) is 19.4 Å². The van der Waals surface area contributed by atoms with Gasteiger partial charge in [-0.15, -0.1) is 0 Å². The highest BCUT2D eigenvalue weighted by Gasteiger charge is 2.22. The van der Waals surface area contributed by atoms with Gasteiger partial charge in [-0.3, -0.25) is 0 Å². The first-order valence-electron chi connectivity index (χ1n) is 6.58. The molecule has 3 nitrogen and oxygen atoms in total. The molecule has 6 heteroatoms. The summed E-state index contributed by atoms with van der Waals surface area (Å²) in [5.74, 6) is -1.98. The fourth-order valence-electron chi connectivity index (χ4n) is 1.96. The SMILES string of the molecule is CC(C)(NC(=O)Nc1ccc(F)c(F)c1)c1ccc(Cl)cc1. The smallest absolute Gasteiger partial charge is 0.319 e. The average molecular weight is 325 g/mol. The maximum absolute atomic E-state index is 13.1. The Bertz CT molecular complexity index is 687. The molecule has 2 aromatic carbocycles. The number of benzene rings is 2. The van der Waals surface area contributed by atoms with Crippen LogP contribution in [0.5, 0.6) is 0 Å². The number of halogens is 3. The predicted octanol–water partition coefficient (Wildman–Crippen LogP) is 4.68. The van der Waals surface area contributed by atoms with Crippen LogP contribution in [-0.4, -0.2) is 6.03 Å². The summed E-state index contributed by atoms with van der Waals surface area (Å²) in [6.07, 6.45) is 0. The second-order valence-corrected chi connectivity index (χ2v) is 5.78. The van der Waals surface area contributed by atoms with Gasteiger partial charge >= 0.3 is 6.03 Å². The average Bonchev–Trinajstić information content (AvgIpc) is 2.42. The zero-order valence-electron chi connectivity index (χ0n) is 12.1. The zero-order chi connectivity index (χ0) is 16.3. The summed E-state index contributed by atoms with van der Waals surface area (Å²) in [4.78, 5) is 12.0. The van der Waals surface area contributed by atoms with Crippen LogP contribution in [0, 0.1) is 11.6 Å². The van der Waals surface area contributed by atoms with E-state index in [1.165, 1.54) is 6.07 Å². The van der Waals surface area contributed by atoms with Crippen LogP contribution in [0.3, 0.4) is 0 Å². The Morgan fingerprint density at radius 1 is 1.05 bits per heavy atom. The highest BCUT2D eigenvalue weighted by Crippen LogP contribution is 2.22. The molecule has 0 spiro atoms. The molecular formula is C16H15ClF2N2O. The van der Waals surface area contributed by atoms with Crippen molar-refractivity contribution in [2.75, 3.05) is 5.32 Å². The fourth-order valence-corrected chi connectivity index (χ4v) is 2.08. The number of anilines is 1. The number of hydrogen-bond donors (Lipinski definition) is 2. The monoisotopic (exact) mass is 324 g/mol. The Hall–Kier alpha value is -2.14. The van der Waals surface area contributed by atoms with E-state index in [1.54, 1.807) is 24.3 Å². The van der Waals surface area contributed by atoms with Gasteiger partial charge in [-0.1, -0.05) is 23.7 Å². The molecule has 0 radical (unpaired) electrons. The molecule has 0 aliphatic heterocycles. The van der Waals surface area contributed by atoms with E-state index < -0.39 is 23.2 Å². The Labute approximate surface area is 132 Å². The standard InChI is InChI=1S/C16H15ClF2N2O/c1-16(2,10-3-5-11(17)6-4-10)21-15(22)20-12-7-8-13(18)14(19)9-12/h3-9H,1-2H3,(H2,20,21,22). The molecule has 0 unspecified atom stereocenters. The molecule has 0 bridgehead atoms. The van der Waals surface area contributed by atoms with E-state index in [0.717, 1.165) is 17.7 Å². The van der Waals surface area contributed by atoms with Crippen LogP contribution in [-0.2, 0) is 5.54 Å². The first-order chi connectivity index (χ1) is 10.3. The fraction of sp³-hybridized carbons (Fsp3) is 0.188. The van der Waals surface area contributed by atoms with Crippen molar-refractivity contribution >= 4 is 23.3 Å². The van der Waals surface area contributed by atoms with Crippen molar-refractivity contribution in [2.45, 2.75) is 19.4 Å². The highest BCUT2D eigenvalue weighted by molar-refractivity contribution is 6.30. The molecule has 22 heavy (non-hydrogen) atoms. The molecule has 0 saturated heterocycles. The number of hydrogen-bond acceptors (Lipinski definition) is 1. The number of carbonyl (C=O) groups excluding carboxylic acids is 1. The molecule has 0 atom stereocenters. The quantitative estimate of drug-likeness (QED) is 0.846. The summed E-state index contributed by atoms with van der Waals surface area (Å²) >= 11 is 5.84. The van der Waals surface area contributed by atoms with E-state index in [1.807, 2.05) is 13.8 Å². The second kappa shape index (κ2) is 6.32. The van der Waals surface area contributed by atoms with Gasteiger partial charge in [0.15, 0.2) is 11.6 Å². The molecule has 2 aromatic rings. The first-order valence-corrected chi connectivity index (χ1v) is 6.96. The van der Waals surface area contributed by atoms with Crippen LogP contribution < -0.4 is 10.6 Å². The third kappa shape index (κ3) is 3.95. The maximum atomic E-state index is 13.1. The Kier molecular flexibility index (Phi) is 4.66. The third-order valence-electron chi connectivity index (χ3n) is 3.17. The van der Waals surface area contributed by atoms with E-state index in [0.29, 0.717) is 5.02 Å². The molecule has 0 aliphatic rings. The molecule has 0 fully saturated rings. The van der Waals surface area contributed by atoms with Gasteiger partial charge in [-0.2, -0.15) is 0 Å². The van der Waals surface area contributed by atoms with Gasteiger partial charge < -0.3 is 10.6 Å². The van der Waals surface area contributed by atoms with Crippen molar-refractivity contribution in [3.05, 3.63) is 64.7 Å². The highest BCUT2D eigenvalue weighted by atomic mass is 35.5. The lowest BCUT2D eigenvalue weighted by Crippen LogP contribution is -2.43.